The summed E-state index contributed by atoms with van der Waals surface area (Å²) in [5, 5.41) is 12.4. The largest absolute Gasteiger partial charge is 0.524 e. The first-order valence-corrected chi connectivity index (χ1v) is 14.4. The third kappa shape index (κ3) is 8.02. The lowest BCUT2D eigenvalue weighted by molar-refractivity contribution is -0.145. The highest BCUT2D eigenvalue weighted by Crippen LogP contribution is 2.37. The molecule has 3 aromatic rings. The monoisotopic (exact) mass is 566 g/mol. The number of carbonyl (C=O) groups is 3. The summed E-state index contributed by atoms with van der Waals surface area (Å²) >= 11 is 0. The van der Waals surface area contributed by atoms with E-state index in [1.54, 1.807) is 0 Å². The van der Waals surface area contributed by atoms with Gasteiger partial charge in [0.1, 0.15) is 17.8 Å². The number of fused-ring (bicyclic) bond motifs is 1. The normalized spacial score (nSPS) is 15.6. The number of carboxylic acid groups (broad SMARTS) is 1. The van der Waals surface area contributed by atoms with Crippen LogP contribution in [0.5, 0.6) is 5.75 Å². The molecule has 1 heterocycles. The molecule has 11 heteroatoms. The van der Waals surface area contributed by atoms with Crippen LogP contribution >= 0.6 is 7.82 Å². The first-order chi connectivity index (χ1) is 19.1. The molecule has 0 aliphatic carbocycles. The second-order valence-electron chi connectivity index (χ2n) is 9.68. The zero-order chi connectivity index (χ0) is 28.7. The highest BCUT2D eigenvalue weighted by Gasteiger charge is 2.36. The van der Waals surface area contributed by atoms with E-state index in [1.165, 1.54) is 29.2 Å². The van der Waals surface area contributed by atoms with E-state index in [2.05, 4.69) is 9.84 Å². The Morgan fingerprint density at radius 3 is 2.23 bits per heavy atom. The van der Waals surface area contributed by atoms with Crippen molar-refractivity contribution in [3.8, 4) is 5.75 Å². The van der Waals surface area contributed by atoms with Gasteiger partial charge in [-0.25, -0.2) is 9.36 Å². The van der Waals surface area contributed by atoms with Gasteiger partial charge in [-0.15, -0.1) is 0 Å². The number of hydrogen-bond donors (Lipinski definition) is 4. The first-order valence-electron chi connectivity index (χ1n) is 12.9. The minimum Gasteiger partial charge on any atom is -0.480 e. The summed E-state index contributed by atoms with van der Waals surface area (Å²) in [5.74, 6) is -2.05. The average Bonchev–Trinajstić information content (AvgIpc) is 2.92. The number of amides is 2. The van der Waals surface area contributed by atoms with Gasteiger partial charge in [-0.2, -0.15) is 0 Å². The molecular formula is C29H31N2O8P. The fraction of sp³-hybridized carbons (Fsp3) is 0.276. The quantitative estimate of drug-likeness (QED) is 0.258. The minimum atomic E-state index is -4.72. The van der Waals surface area contributed by atoms with Gasteiger partial charge in [0, 0.05) is 25.8 Å². The standard InChI is InChI=1S/C29H31N2O8P/c32-27(12-6-9-20-7-2-1-3-8-20)31-19-23-11-5-4-10-22(23)18-26(31)28(33)30-25(29(34)35)17-21-13-15-24(16-14-21)39-40(36,37)38/h1-5,7-8,10-11,13-16,25-26H,6,9,12,17-19H2,(H,30,33)(H,34,35)(H2,36,37,38)/t25-,26-/m0/s1. The molecule has 0 unspecified atom stereocenters. The van der Waals surface area contributed by atoms with Gasteiger partial charge in [0.15, 0.2) is 0 Å². The molecular weight excluding hydrogens is 535 g/mol. The van der Waals surface area contributed by atoms with Gasteiger partial charge >= 0.3 is 13.8 Å². The van der Waals surface area contributed by atoms with E-state index in [0.29, 0.717) is 12.0 Å². The van der Waals surface area contributed by atoms with E-state index >= 15 is 0 Å². The molecule has 0 saturated carbocycles. The summed E-state index contributed by atoms with van der Waals surface area (Å²) in [6, 6.07) is 20.8. The number of aryl methyl sites for hydroxylation is 1. The van der Waals surface area contributed by atoms with Crippen molar-refractivity contribution < 1.29 is 38.4 Å². The minimum absolute atomic E-state index is 0.0738. The number of benzene rings is 3. The zero-order valence-electron chi connectivity index (χ0n) is 21.7. The van der Waals surface area contributed by atoms with Crippen molar-refractivity contribution in [2.24, 2.45) is 0 Å². The molecule has 210 valence electrons. The Morgan fingerprint density at radius 2 is 1.57 bits per heavy atom. The van der Waals surface area contributed by atoms with E-state index < -0.39 is 31.8 Å². The fourth-order valence-electron chi connectivity index (χ4n) is 4.78. The van der Waals surface area contributed by atoms with Crippen LogP contribution in [0.15, 0.2) is 78.9 Å². The molecule has 2 atom stereocenters. The van der Waals surface area contributed by atoms with Crippen LogP contribution in [0, 0.1) is 0 Å². The second kappa shape index (κ2) is 12.9. The van der Waals surface area contributed by atoms with Gasteiger partial charge in [0.2, 0.25) is 11.8 Å². The van der Waals surface area contributed by atoms with Crippen molar-refractivity contribution in [3.63, 3.8) is 0 Å². The topological polar surface area (TPSA) is 153 Å². The third-order valence-electron chi connectivity index (χ3n) is 6.77. The number of carbonyl (C=O) groups excluding carboxylic acids is 2. The number of carboxylic acids is 1. The number of aliphatic carboxylic acids is 1. The number of nitrogens with zero attached hydrogens (tertiary/aromatic N) is 1. The molecule has 0 saturated heterocycles. The van der Waals surface area contributed by atoms with Gasteiger partial charge in [-0.05, 0) is 47.2 Å². The van der Waals surface area contributed by atoms with E-state index in [0.717, 1.165) is 23.1 Å². The highest BCUT2D eigenvalue weighted by atomic mass is 31.2. The molecule has 40 heavy (non-hydrogen) atoms. The van der Waals surface area contributed by atoms with Crippen LogP contribution in [-0.4, -0.2) is 49.7 Å². The van der Waals surface area contributed by atoms with Crippen LogP contribution in [-0.2, 0) is 44.8 Å². The molecule has 1 aliphatic rings. The Kier molecular flexibility index (Phi) is 9.37. The lowest BCUT2D eigenvalue weighted by atomic mass is 9.92. The Labute approximate surface area is 231 Å². The number of rotatable bonds is 11. The smallest absolute Gasteiger partial charge is 0.480 e. The lowest BCUT2D eigenvalue weighted by Gasteiger charge is -2.36. The zero-order valence-corrected chi connectivity index (χ0v) is 22.6. The third-order valence-corrected chi connectivity index (χ3v) is 7.22. The van der Waals surface area contributed by atoms with Crippen LogP contribution in [0.3, 0.4) is 0 Å². The molecule has 2 amide bonds. The molecule has 0 bridgehead atoms. The van der Waals surface area contributed by atoms with Crippen molar-refractivity contribution in [2.75, 3.05) is 0 Å². The van der Waals surface area contributed by atoms with E-state index in [4.69, 9.17) is 9.79 Å². The van der Waals surface area contributed by atoms with Crippen molar-refractivity contribution in [2.45, 2.75) is 50.7 Å². The predicted octanol–water partition coefficient (Wildman–Crippen LogP) is 3.25. The van der Waals surface area contributed by atoms with Crippen LogP contribution in [0.1, 0.15) is 35.1 Å². The summed E-state index contributed by atoms with van der Waals surface area (Å²) in [4.78, 5) is 58.2. The Balaban J connectivity index is 1.45. The number of nitrogens with one attached hydrogen (secondary N) is 1. The average molecular weight is 567 g/mol. The molecule has 0 aromatic heterocycles. The van der Waals surface area contributed by atoms with E-state index in [9.17, 15) is 24.1 Å². The summed E-state index contributed by atoms with van der Waals surface area (Å²) in [6.45, 7) is 0.261. The number of phosphoric acid groups is 1. The maximum Gasteiger partial charge on any atom is 0.524 e. The van der Waals surface area contributed by atoms with Crippen molar-refractivity contribution in [1.82, 2.24) is 10.2 Å². The maximum absolute atomic E-state index is 13.5. The highest BCUT2D eigenvalue weighted by molar-refractivity contribution is 7.46. The molecule has 0 spiro atoms. The Bertz CT molecular complexity index is 1390. The Morgan fingerprint density at radius 1 is 0.925 bits per heavy atom. The number of hydrogen-bond acceptors (Lipinski definition) is 5. The molecule has 3 aromatic carbocycles. The van der Waals surface area contributed by atoms with Crippen molar-refractivity contribution in [3.05, 3.63) is 101 Å². The molecule has 10 nitrogen and oxygen atoms in total. The van der Waals surface area contributed by atoms with Crippen LogP contribution in [0.4, 0.5) is 0 Å². The summed E-state index contributed by atoms with van der Waals surface area (Å²) < 4.78 is 15.5. The summed E-state index contributed by atoms with van der Waals surface area (Å²) in [6.07, 6.45) is 1.80. The second-order valence-corrected chi connectivity index (χ2v) is 10.8. The van der Waals surface area contributed by atoms with E-state index in [-0.39, 0.29) is 37.5 Å². The Hall–Kier alpha value is -3.98. The fourth-order valence-corrected chi connectivity index (χ4v) is 5.18. The molecule has 0 radical (unpaired) electrons. The van der Waals surface area contributed by atoms with Crippen molar-refractivity contribution in [1.29, 1.82) is 0 Å². The number of phosphoric ester groups is 1. The van der Waals surface area contributed by atoms with Gasteiger partial charge in [0.05, 0.1) is 0 Å². The van der Waals surface area contributed by atoms with Crippen LogP contribution in [0.25, 0.3) is 0 Å². The molecule has 4 N–H and O–H groups in total. The molecule has 1 aliphatic heterocycles. The van der Waals surface area contributed by atoms with Crippen LogP contribution < -0.4 is 9.84 Å². The SMILES string of the molecule is O=C(O)[C@H](Cc1ccc(OP(=O)(O)O)cc1)NC(=O)[C@@H]1Cc2ccccc2CN1C(=O)CCCc1ccccc1. The summed E-state index contributed by atoms with van der Waals surface area (Å²) in [5.41, 5.74) is 3.52. The van der Waals surface area contributed by atoms with E-state index in [1.807, 2.05) is 54.6 Å². The maximum atomic E-state index is 13.5. The lowest BCUT2D eigenvalue weighted by Crippen LogP contribution is -2.55. The molecule has 0 fully saturated rings. The van der Waals surface area contributed by atoms with Gasteiger partial charge in [-0.3, -0.25) is 19.4 Å². The van der Waals surface area contributed by atoms with Gasteiger partial charge in [-0.1, -0.05) is 66.7 Å². The van der Waals surface area contributed by atoms with Gasteiger partial charge in [0.25, 0.3) is 0 Å². The van der Waals surface area contributed by atoms with Crippen molar-refractivity contribution >= 4 is 25.6 Å². The predicted molar refractivity (Wildman–Crippen MR) is 146 cm³/mol. The van der Waals surface area contributed by atoms with Crippen LogP contribution in [0.2, 0.25) is 0 Å². The first kappa shape index (κ1) is 29.0. The van der Waals surface area contributed by atoms with Gasteiger partial charge < -0.3 is 19.8 Å². The summed E-state index contributed by atoms with van der Waals surface area (Å²) in [7, 11) is -4.72. The molecule has 4 rings (SSSR count).